The lowest BCUT2D eigenvalue weighted by atomic mass is 10.5. The molecule has 0 rings (SSSR count). The molecule has 16 heavy (non-hydrogen) atoms. The van der Waals surface area contributed by atoms with Crippen molar-refractivity contribution >= 4 is 8.80 Å². The summed E-state index contributed by atoms with van der Waals surface area (Å²) in [5.74, 6) is 0. The summed E-state index contributed by atoms with van der Waals surface area (Å²) in [5.41, 5.74) is 0. The second-order valence-electron chi connectivity index (χ2n) is 3.21. The van der Waals surface area contributed by atoms with Gasteiger partial charge in [-0.25, -0.2) is 0 Å². The van der Waals surface area contributed by atoms with Gasteiger partial charge in [-0.2, -0.15) is 0 Å². The van der Waals surface area contributed by atoms with Crippen molar-refractivity contribution in [1.82, 2.24) is 0 Å². The Morgan fingerprint density at radius 3 is 1.88 bits per heavy atom. The summed E-state index contributed by atoms with van der Waals surface area (Å²) in [5, 5.41) is 0. The predicted octanol–water partition coefficient (Wildman–Crippen LogP) is 1.31. The summed E-state index contributed by atoms with van der Waals surface area (Å²) in [7, 11) is 2.46. The number of ether oxygens (including phenoxy) is 2. The molecule has 0 amide bonds. The van der Waals surface area contributed by atoms with Gasteiger partial charge in [-0.15, -0.1) is 0 Å². The van der Waals surface area contributed by atoms with E-state index in [1.54, 1.807) is 21.3 Å². The second kappa shape index (κ2) is 10.2. The molecular formula is C10H24O5Si. The van der Waals surface area contributed by atoms with Crippen LogP contribution in [0.2, 0.25) is 6.04 Å². The van der Waals surface area contributed by atoms with Crippen LogP contribution < -0.4 is 0 Å². The van der Waals surface area contributed by atoms with E-state index in [2.05, 4.69) is 0 Å². The number of rotatable bonds is 11. The summed E-state index contributed by atoms with van der Waals surface area (Å²) >= 11 is 0. The van der Waals surface area contributed by atoms with E-state index >= 15 is 0 Å². The molecule has 0 fully saturated rings. The highest BCUT2D eigenvalue weighted by Gasteiger charge is 2.36. The third-order valence-corrected chi connectivity index (χ3v) is 5.11. The van der Waals surface area contributed by atoms with Crippen molar-refractivity contribution < 1.29 is 22.8 Å². The summed E-state index contributed by atoms with van der Waals surface area (Å²) in [6, 6.07) is 0.769. The van der Waals surface area contributed by atoms with Crippen molar-refractivity contribution in [3.8, 4) is 0 Å². The maximum absolute atomic E-state index is 5.40. The zero-order valence-corrected chi connectivity index (χ0v) is 11.8. The first kappa shape index (κ1) is 16.0. The van der Waals surface area contributed by atoms with Crippen molar-refractivity contribution in [1.29, 1.82) is 0 Å². The van der Waals surface area contributed by atoms with Crippen LogP contribution in [0.4, 0.5) is 0 Å². The van der Waals surface area contributed by atoms with E-state index in [1.165, 1.54) is 0 Å². The maximum Gasteiger partial charge on any atom is 0.500 e. The molecule has 0 atom stereocenters. The van der Waals surface area contributed by atoms with Crippen molar-refractivity contribution in [3.63, 3.8) is 0 Å². The lowest BCUT2D eigenvalue weighted by Crippen LogP contribution is -2.42. The third-order valence-electron chi connectivity index (χ3n) is 2.28. The fourth-order valence-electron chi connectivity index (χ4n) is 1.31. The Morgan fingerprint density at radius 2 is 1.38 bits per heavy atom. The summed E-state index contributed by atoms with van der Waals surface area (Å²) in [6.45, 7) is 4.66. The van der Waals surface area contributed by atoms with Crippen LogP contribution in [-0.4, -0.2) is 56.6 Å². The minimum atomic E-state index is -2.40. The van der Waals surface area contributed by atoms with Crippen LogP contribution in [0.5, 0.6) is 0 Å². The van der Waals surface area contributed by atoms with Crippen molar-refractivity contribution in [2.75, 3.05) is 47.8 Å². The Bertz CT molecular complexity index is 144. The van der Waals surface area contributed by atoms with E-state index in [0.29, 0.717) is 19.8 Å². The van der Waals surface area contributed by atoms with E-state index in [4.69, 9.17) is 22.8 Å². The Balaban J connectivity index is 3.48. The highest BCUT2D eigenvalue weighted by atomic mass is 28.4. The fraction of sp³-hybridized carbons (Fsp3) is 1.00. The zero-order valence-electron chi connectivity index (χ0n) is 10.8. The van der Waals surface area contributed by atoms with E-state index in [9.17, 15) is 0 Å². The van der Waals surface area contributed by atoms with Gasteiger partial charge in [0.25, 0.3) is 0 Å². The molecule has 0 heterocycles. The molecule has 0 radical (unpaired) electrons. The lowest BCUT2D eigenvalue weighted by molar-refractivity contribution is 0.0505. The van der Waals surface area contributed by atoms with E-state index < -0.39 is 8.80 Å². The molecule has 0 saturated carbocycles. The summed E-state index contributed by atoms with van der Waals surface area (Å²) in [4.78, 5) is 0. The van der Waals surface area contributed by atoms with Crippen LogP contribution in [0.15, 0.2) is 0 Å². The quantitative estimate of drug-likeness (QED) is 0.410. The minimum absolute atomic E-state index is 0.634. The number of hydrogen-bond donors (Lipinski definition) is 0. The first-order valence-corrected chi connectivity index (χ1v) is 7.48. The molecule has 0 aliphatic heterocycles. The van der Waals surface area contributed by atoms with Gasteiger partial charge < -0.3 is 22.8 Å². The van der Waals surface area contributed by atoms with Gasteiger partial charge in [0.15, 0.2) is 0 Å². The Hall–Kier alpha value is 0.0169. The van der Waals surface area contributed by atoms with Gasteiger partial charge in [-0.1, -0.05) is 0 Å². The highest BCUT2D eigenvalue weighted by molar-refractivity contribution is 6.60. The third kappa shape index (κ3) is 6.57. The van der Waals surface area contributed by atoms with Gasteiger partial charge in [0.2, 0.25) is 0 Å². The average Bonchev–Trinajstić information content (AvgIpc) is 2.34. The van der Waals surface area contributed by atoms with E-state index in [0.717, 1.165) is 19.1 Å². The standard InChI is InChI=1S/C10H24O5Si/c1-5-14-8-9-15-7-6-10-16(11-2,12-3)13-4/h5-10H2,1-4H3. The molecule has 0 aromatic rings. The van der Waals surface area contributed by atoms with Crippen LogP contribution in [0.1, 0.15) is 13.3 Å². The number of hydrogen-bond acceptors (Lipinski definition) is 5. The van der Waals surface area contributed by atoms with Gasteiger partial charge in [0.05, 0.1) is 13.2 Å². The van der Waals surface area contributed by atoms with Gasteiger partial charge in [0.1, 0.15) is 0 Å². The predicted molar refractivity (Wildman–Crippen MR) is 63.5 cm³/mol. The lowest BCUT2D eigenvalue weighted by Gasteiger charge is -2.24. The van der Waals surface area contributed by atoms with Gasteiger partial charge >= 0.3 is 8.80 Å². The molecule has 0 aromatic carbocycles. The molecule has 0 bridgehead atoms. The van der Waals surface area contributed by atoms with Crippen molar-refractivity contribution in [2.45, 2.75) is 19.4 Å². The molecule has 0 unspecified atom stereocenters. The second-order valence-corrected chi connectivity index (χ2v) is 6.30. The molecule has 0 aliphatic rings. The molecular weight excluding hydrogens is 228 g/mol. The van der Waals surface area contributed by atoms with Crippen LogP contribution in [0.25, 0.3) is 0 Å². The molecule has 0 N–H and O–H groups in total. The van der Waals surface area contributed by atoms with Gasteiger partial charge in [-0.05, 0) is 13.3 Å². The molecule has 0 spiro atoms. The van der Waals surface area contributed by atoms with Crippen LogP contribution in [-0.2, 0) is 22.8 Å². The van der Waals surface area contributed by atoms with Crippen molar-refractivity contribution in [2.24, 2.45) is 0 Å². The van der Waals surface area contributed by atoms with E-state index in [1.807, 2.05) is 6.92 Å². The van der Waals surface area contributed by atoms with Crippen molar-refractivity contribution in [3.05, 3.63) is 0 Å². The van der Waals surface area contributed by atoms with Gasteiger partial charge in [-0.3, -0.25) is 0 Å². The monoisotopic (exact) mass is 252 g/mol. The molecule has 0 aromatic heterocycles. The molecule has 6 heteroatoms. The normalized spacial score (nSPS) is 12.0. The minimum Gasteiger partial charge on any atom is -0.379 e. The molecule has 0 saturated heterocycles. The first-order chi connectivity index (χ1) is 7.74. The average molecular weight is 252 g/mol. The van der Waals surface area contributed by atoms with E-state index in [-0.39, 0.29) is 0 Å². The largest absolute Gasteiger partial charge is 0.500 e. The molecule has 0 aliphatic carbocycles. The Labute approximate surface area is 99.3 Å². The SMILES string of the molecule is CCOCCOCCC[Si](OC)(OC)OC. The smallest absolute Gasteiger partial charge is 0.379 e. The molecule has 98 valence electrons. The fourth-order valence-corrected chi connectivity index (χ4v) is 3.00. The maximum atomic E-state index is 5.40. The Morgan fingerprint density at radius 1 is 0.812 bits per heavy atom. The topological polar surface area (TPSA) is 46.2 Å². The first-order valence-electron chi connectivity index (χ1n) is 5.55. The Kier molecular flexibility index (Phi) is 10.2. The van der Waals surface area contributed by atoms with Crippen LogP contribution >= 0.6 is 0 Å². The highest BCUT2D eigenvalue weighted by Crippen LogP contribution is 2.14. The van der Waals surface area contributed by atoms with Crippen LogP contribution in [0.3, 0.4) is 0 Å². The summed E-state index contributed by atoms with van der Waals surface area (Å²) < 4.78 is 26.4. The zero-order chi connectivity index (χ0) is 12.3. The van der Waals surface area contributed by atoms with Gasteiger partial charge in [0, 0.05) is 40.6 Å². The molecule has 5 nitrogen and oxygen atoms in total. The van der Waals surface area contributed by atoms with Crippen LogP contribution in [0, 0.1) is 0 Å². The summed E-state index contributed by atoms with van der Waals surface area (Å²) in [6.07, 6.45) is 0.869.